The lowest BCUT2D eigenvalue weighted by Crippen LogP contribution is -2.08. The van der Waals surface area contributed by atoms with E-state index >= 15 is 0 Å². The van der Waals surface area contributed by atoms with Crippen LogP contribution in [0.25, 0.3) is 0 Å². The maximum absolute atomic E-state index is 12.9. The van der Waals surface area contributed by atoms with Crippen LogP contribution in [0.2, 0.25) is 0 Å². The fourth-order valence-electron chi connectivity index (χ4n) is 1.55. The highest BCUT2D eigenvalue weighted by Gasteiger charge is 2.34. The average Bonchev–Trinajstić information content (AvgIpc) is 2.37. The molecule has 1 aromatic heterocycles. The molecule has 1 N–H and O–H groups in total. The molecule has 0 radical (unpaired) electrons. The van der Waals surface area contributed by atoms with Crippen molar-refractivity contribution in [3.05, 3.63) is 52.1 Å². The standard InChI is InChI=1S/C13H7BrF3NO2S/c14-7-3-4-8(12(19)20)10(6-7)21-11-9(13(15,16)17)2-1-5-18-11/h1-6H,(H,19,20). The van der Waals surface area contributed by atoms with Gasteiger partial charge in [0.1, 0.15) is 5.03 Å². The van der Waals surface area contributed by atoms with Gasteiger partial charge < -0.3 is 5.11 Å². The number of hydrogen-bond donors (Lipinski definition) is 1. The SMILES string of the molecule is O=C(O)c1ccc(Br)cc1Sc1ncccc1C(F)(F)F. The zero-order chi connectivity index (χ0) is 15.6. The largest absolute Gasteiger partial charge is 0.478 e. The lowest BCUT2D eigenvalue weighted by Gasteiger charge is -2.12. The number of benzene rings is 1. The van der Waals surface area contributed by atoms with Gasteiger partial charge in [-0.15, -0.1) is 0 Å². The Hall–Kier alpha value is -1.54. The van der Waals surface area contributed by atoms with E-state index in [1.165, 1.54) is 30.5 Å². The van der Waals surface area contributed by atoms with E-state index in [2.05, 4.69) is 20.9 Å². The predicted octanol–water partition coefficient (Wildman–Crippen LogP) is 4.71. The molecule has 0 atom stereocenters. The van der Waals surface area contributed by atoms with Crippen molar-refractivity contribution in [3.63, 3.8) is 0 Å². The van der Waals surface area contributed by atoms with E-state index in [9.17, 15) is 18.0 Å². The van der Waals surface area contributed by atoms with Gasteiger partial charge >= 0.3 is 12.1 Å². The van der Waals surface area contributed by atoms with Crippen molar-refractivity contribution in [2.24, 2.45) is 0 Å². The summed E-state index contributed by atoms with van der Waals surface area (Å²) in [4.78, 5) is 15.0. The third-order valence-corrected chi connectivity index (χ3v) is 4.03. The molecule has 0 aliphatic carbocycles. The quantitative estimate of drug-likeness (QED) is 0.841. The lowest BCUT2D eigenvalue weighted by atomic mass is 10.2. The minimum Gasteiger partial charge on any atom is -0.478 e. The molecule has 0 aliphatic heterocycles. The Morgan fingerprint density at radius 2 is 2.00 bits per heavy atom. The highest BCUT2D eigenvalue weighted by Crippen LogP contribution is 2.39. The van der Waals surface area contributed by atoms with Crippen molar-refractivity contribution in [1.82, 2.24) is 4.98 Å². The molecule has 0 unspecified atom stereocenters. The summed E-state index contributed by atoms with van der Waals surface area (Å²) in [6, 6.07) is 6.38. The number of aromatic carboxylic acids is 1. The van der Waals surface area contributed by atoms with Crippen LogP contribution in [0, 0.1) is 0 Å². The van der Waals surface area contributed by atoms with Gasteiger partial charge in [-0.2, -0.15) is 13.2 Å². The van der Waals surface area contributed by atoms with Crippen LogP contribution >= 0.6 is 27.7 Å². The average molecular weight is 378 g/mol. The first kappa shape index (κ1) is 15.8. The van der Waals surface area contributed by atoms with Gasteiger partial charge in [0, 0.05) is 15.6 Å². The molecule has 1 aromatic carbocycles. The summed E-state index contributed by atoms with van der Waals surface area (Å²) in [6.45, 7) is 0. The zero-order valence-electron chi connectivity index (χ0n) is 10.2. The summed E-state index contributed by atoms with van der Waals surface area (Å²) in [6.07, 6.45) is -3.32. The predicted molar refractivity (Wildman–Crippen MR) is 74.5 cm³/mol. The second kappa shape index (κ2) is 6.07. The molecule has 0 fully saturated rings. The van der Waals surface area contributed by atoms with Crippen LogP contribution in [-0.2, 0) is 6.18 Å². The molecule has 0 aliphatic rings. The third kappa shape index (κ3) is 3.76. The third-order valence-electron chi connectivity index (χ3n) is 2.46. The van der Waals surface area contributed by atoms with E-state index in [4.69, 9.17) is 5.11 Å². The van der Waals surface area contributed by atoms with Gasteiger partial charge in [0.25, 0.3) is 0 Å². The van der Waals surface area contributed by atoms with Crippen molar-refractivity contribution < 1.29 is 23.1 Å². The van der Waals surface area contributed by atoms with E-state index in [1.807, 2.05) is 0 Å². The molecule has 3 nitrogen and oxygen atoms in total. The summed E-state index contributed by atoms with van der Waals surface area (Å²) in [5, 5.41) is 8.81. The van der Waals surface area contributed by atoms with Gasteiger partial charge in [-0.3, -0.25) is 0 Å². The van der Waals surface area contributed by atoms with E-state index in [0.717, 1.165) is 6.07 Å². The number of carbonyl (C=O) groups is 1. The Morgan fingerprint density at radius 1 is 1.29 bits per heavy atom. The summed E-state index contributed by atoms with van der Waals surface area (Å²) in [5.74, 6) is -1.21. The summed E-state index contributed by atoms with van der Waals surface area (Å²) >= 11 is 3.84. The minimum absolute atomic E-state index is 0.0815. The highest BCUT2D eigenvalue weighted by molar-refractivity contribution is 9.10. The van der Waals surface area contributed by atoms with E-state index in [0.29, 0.717) is 16.2 Å². The number of nitrogens with zero attached hydrogens (tertiary/aromatic N) is 1. The maximum Gasteiger partial charge on any atom is 0.419 e. The van der Waals surface area contributed by atoms with Gasteiger partial charge in [-0.05, 0) is 30.3 Å². The first-order valence-electron chi connectivity index (χ1n) is 5.52. The lowest BCUT2D eigenvalue weighted by molar-refractivity contribution is -0.140. The van der Waals surface area contributed by atoms with Crippen LogP contribution in [0.3, 0.4) is 0 Å². The smallest absolute Gasteiger partial charge is 0.419 e. The number of alkyl halides is 3. The number of rotatable bonds is 3. The first-order valence-corrected chi connectivity index (χ1v) is 7.13. The monoisotopic (exact) mass is 377 g/mol. The molecule has 110 valence electrons. The van der Waals surface area contributed by atoms with E-state index in [-0.39, 0.29) is 15.5 Å². The second-order valence-corrected chi connectivity index (χ2v) is 5.85. The number of carboxylic acids is 1. The minimum atomic E-state index is -4.55. The van der Waals surface area contributed by atoms with Crippen LogP contribution in [0.1, 0.15) is 15.9 Å². The number of pyridine rings is 1. The molecular formula is C13H7BrF3NO2S. The van der Waals surface area contributed by atoms with Gasteiger partial charge in [0.2, 0.25) is 0 Å². The molecule has 1 heterocycles. The summed E-state index contributed by atoms with van der Waals surface area (Å²) in [7, 11) is 0. The number of hydrogen-bond acceptors (Lipinski definition) is 3. The molecule has 0 saturated carbocycles. The number of carboxylic acid groups (broad SMARTS) is 1. The zero-order valence-corrected chi connectivity index (χ0v) is 12.6. The Labute approximate surface area is 130 Å². The normalized spacial score (nSPS) is 11.4. The molecule has 0 spiro atoms. The van der Waals surface area contributed by atoms with E-state index in [1.54, 1.807) is 0 Å². The number of aromatic nitrogens is 1. The van der Waals surface area contributed by atoms with Gasteiger partial charge in [0.05, 0.1) is 11.1 Å². The molecular weight excluding hydrogens is 371 g/mol. The molecule has 0 saturated heterocycles. The van der Waals surface area contributed by atoms with Crippen LogP contribution in [-0.4, -0.2) is 16.1 Å². The van der Waals surface area contributed by atoms with Crippen molar-refractivity contribution in [2.75, 3.05) is 0 Å². The second-order valence-electron chi connectivity index (χ2n) is 3.90. The number of halogens is 4. The molecule has 0 bridgehead atoms. The van der Waals surface area contributed by atoms with Crippen molar-refractivity contribution >= 4 is 33.7 Å². The fourth-order valence-corrected chi connectivity index (χ4v) is 3.13. The Kier molecular flexibility index (Phi) is 4.58. The summed E-state index contributed by atoms with van der Waals surface area (Å²) < 4.78 is 39.3. The van der Waals surface area contributed by atoms with Crippen LogP contribution in [0.15, 0.2) is 50.9 Å². The van der Waals surface area contributed by atoms with Crippen molar-refractivity contribution in [3.8, 4) is 0 Å². The highest BCUT2D eigenvalue weighted by atomic mass is 79.9. The molecule has 0 amide bonds. The van der Waals surface area contributed by atoms with Crippen LogP contribution in [0.4, 0.5) is 13.2 Å². The molecule has 2 rings (SSSR count). The van der Waals surface area contributed by atoms with Gasteiger partial charge in [-0.25, -0.2) is 9.78 Å². The van der Waals surface area contributed by atoms with Crippen LogP contribution < -0.4 is 0 Å². The van der Waals surface area contributed by atoms with Gasteiger partial charge in [0.15, 0.2) is 0 Å². The first-order chi connectivity index (χ1) is 9.79. The molecule has 8 heteroatoms. The Morgan fingerprint density at radius 3 is 2.62 bits per heavy atom. The molecule has 2 aromatic rings. The Balaban J connectivity index is 2.49. The maximum atomic E-state index is 12.9. The van der Waals surface area contributed by atoms with Crippen molar-refractivity contribution in [1.29, 1.82) is 0 Å². The Bertz CT molecular complexity index is 691. The summed E-state index contributed by atoms with van der Waals surface area (Å²) in [5.41, 5.74) is -0.978. The van der Waals surface area contributed by atoms with Gasteiger partial charge in [-0.1, -0.05) is 27.7 Å². The fraction of sp³-hybridized carbons (Fsp3) is 0.0769. The van der Waals surface area contributed by atoms with E-state index < -0.39 is 17.7 Å². The van der Waals surface area contributed by atoms with Crippen molar-refractivity contribution in [2.45, 2.75) is 16.1 Å². The topological polar surface area (TPSA) is 50.2 Å². The molecule has 21 heavy (non-hydrogen) atoms. The van der Waals surface area contributed by atoms with Crippen LogP contribution in [0.5, 0.6) is 0 Å².